The van der Waals surface area contributed by atoms with Gasteiger partial charge in [0.2, 0.25) is 0 Å². The van der Waals surface area contributed by atoms with Gasteiger partial charge in [-0.2, -0.15) is 5.10 Å². The summed E-state index contributed by atoms with van der Waals surface area (Å²) in [7, 11) is 5.70. The van der Waals surface area contributed by atoms with Crippen LogP contribution in [-0.4, -0.2) is 47.8 Å². The molecule has 0 saturated carbocycles. The second kappa shape index (κ2) is 4.55. The first kappa shape index (κ1) is 11.0. The first-order valence-corrected chi connectivity index (χ1v) is 5.62. The fourth-order valence-electron chi connectivity index (χ4n) is 2.29. The van der Waals surface area contributed by atoms with Gasteiger partial charge in [-0.3, -0.25) is 9.67 Å². The Bertz CT molecular complexity index is 381. The molecule has 0 amide bonds. The van der Waals surface area contributed by atoms with Gasteiger partial charge in [0.05, 0.1) is 6.20 Å². The summed E-state index contributed by atoms with van der Waals surface area (Å²) < 4.78 is 1.87. The van der Waals surface area contributed by atoms with Crippen LogP contribution in [0.25, 0.3) is 0 Å². The van der Waals surface area contributed by atoms with Crippen molar-refractivity contribution in [3.05, 3.63) is 18.0 Å². The first-order chi connectivity index (χ1) is 7.74. The highest BCUT2D eigenvalue weighted by molar-refractivity contribution is 5.79. The lowest BCUT2D eigenvalue weighted by atomic mass is 10.0. The Morgan fingerprint density at radius 2 is 2.44 bits per heavy atom. The van der Waals surface area contributed by atoms with E-state index in [1.807, 2.05) is 32.0 Å². The van der Waals surface area contributed by atoms with E-state index >= 15 is 0 Å². The molecule has 2 rings (SSSR count). The SMILES string of the molecule is CN=C(NC)N1CCC(c2cnn(C)c2)C1. The van der Waals surface area contributed by atoms with Gasteiger partial charge >= 0.3 is 0 Å². The third-order valence-electron chi connectivity index (χ3n) is 3.12. The molecule has 1 fully saturated rings. The van der Waals surface area contributed by atoms with Crippen LogP contribution in [0.2, 0.25) is 0 Å². The third-order valence-corrected chi connectivity index (χ3v) is 3.12. The zero-order chi connectivity index (χ0) is 11.5. The van der Waals surface area contributed by atoms with Crippen LogP contribution in [0.15, 0.2) is 17.4 Å². The van der Waals surface area contributed by atoms with Crippen LogP contribution in [0.1, 0.15) is 17.9 Å². The maximum absolute atomic E-state index is 4.23. The van der Waals surface area contributed by atoms with E-state index in [0.717, 1.165) is 19.0 Å². The lowest BCUT2D eigenvalue weighted by Crippen LogP contribution is -2.37. The summed E-state index contributed by atoms with van der Waals surface area (Å²) in [6.07, 6.45) is 5.25. The molecule has 2 heterocycles. The Balaban J connectivity index is 2.03. The van der Waals surface area contributed by atoms with Crippen LogP contribution in [0.4, 0.5) is 0 Å². The average Bonchev–Trinajstić information content (AvgIpc) is 2.89. The average molecular weight is 221 g/mol. The molecule has 1 saturated heterocycles. The maximum Gasteiger partial charge on any atom is 0.193 e. The second-order valence-corrected chi connectivity index (χ2v) is 4.18. The van der Waals surface area contributed by atoms with E-state index in [-0.39, 0.29) is 0 Å². The minimum Gasteiger partial charge on any atom is -0.359 e. The van der Waals surface area contributed by atoms with Gasteiger partial charge in [0.15, 0.2) is 5.96 Å². The first-order valence-electron chi connectivity index (χ1n) is 5.62. The van der Waals surface area contributed by atoms with Crippen LogP contribution in [0.5, 0.6) is 0 Å². The fraction of sp³-hybridized carbons (Fsp3) is 0.636. The second-order valence-electron chi connectivity index (χ2n) is 4.18. The number of aryl methyl sites for hydroxylation is 1. The molecule has 1 N–H and O–H groups in total. The molecule has 0 spiro atoms. The van der Waals surface area contributed by atoms with E-state index in [9.17, 15) is 0 Å². The highest BCUT2D eigenvalue weighted by Gasteiger charge is 2.26. The van der Waals surface area contributed by atoms with Crippen molar-refractivity contribution in [3.63, 3.8) is 0 Å². The normalized spacial score (nSPS) is 21.6. The number of hydrogen-bond donors (Lipinski definition) is 1. The number of nitrogens with one attached hydrogen (secondary N) is 1. The number of nitrogens with zero attached hydrogens (tertiary/aromatic N) is 4. The predicted molar refractivity (Wildman–Crippen MR) is 64.6 cm³/mol. The molecule has 0 aromatic carbocycles. The Labute approximate surface area is 96.2 Å². The lowest BCUT2D eigenvalue weighted by molar-refractivity contribution is 0.492. The Morgan fingerprint density at radius 1 is 1.62 bits per heavy atom. The van der Waals surface area contributed by atoms with Crippen molar-refractivity contribution in [3.8, 4) is 0 Å². The van der Waals surface area contributed by atoms with Crippen molar-refractivity contribution in [2.45, 2.75) is 12.3 Å². The number of aliphatic imine (C=N–C) groups is 1. The highest BCUT2D eigenvalue weighted by Crippen LogP contribution is 2.26. The molecule has 1 atom stereocenters. The number of aromatic nitrogens is 2. The van der Waals surface area contributed by atoms with Crippen LogP contribution in [0, 0.1) is 0 Å². The lowest BCUT2D eigenvalue weighted by Gasteiger charge is -2.19. The largest absolute Gasteiger partial charge is 0.359 e. The molecule has 0 bridgehead atoms. The molecule has 16 heavy (non-hydrogen) atoms. The number of hydrogen-bond acceptors (Lipinski definition) is 2. The molecule has 0 aliphatic carbocycles. The number of guanidine groups is 1. The van der Waals surface area contributed by atoms with Gasteiger partial charge in [-0.15, -0.1) is 0 Å². The summed E-state index contributed by atoms with van der Waals surface area (Å²) in [4.78, 5) is 6.52. The predicted octanol–water partition coefficient (Wildman–Crippen LogP) is 0.415. The van der Waals surface area contributed by atoms with E-state index in [4.69, 9.17) is 0 Å². The Hall–Kier alpha value is -1.52. The topological polar surface area (TPSA) is 45.5 Å². The summed E-state index contributed by atoms with van der Waals surface area (Å²) in [5, 5.41) is 7.35. The molecular formula is C11H19N5. The van der Waals surface area contributed by atoms with E-state index in [1.54, 1.807) is 0 Å². The van der Waals surface area contributed by atoms with Crippen LogP contribution in [-0.2, 0) is 7.05 Å². The van der Waals surface area contributed by atoms with Crippen LogP contribution < -0.4 is 5.32 Å². The maximum atomic E-state index is 4.23. The minimum absolute atomic E-state index is 0.582. The van der Waals surface area contributed by atoms with Crippen LogP contribution in [0.3, 0.4) is 0 Å². The summed E-state index contributed by atoms with van der Waals surface area (Å²) in [6, 6.07) is 0. The van der Waals surface area contributed by atoms with Gasteiger partial charge in [-0.25, -0.2) is 0 Å². The third kappa shape index (κ3) is 2.03. The summed E-state index contributed by atoms with van der Waals surface area (Å²) in [5.41, 5.74) is 1.33. The smallest absolute Gasteiger partial charge is 0.193 e. The van der Waals surface area contributed by atoms with Gasteiger partial charge < -0.3 is 10.2 Å². The van der Waals surface area contributed by atoms with Gasteiger partial charge in [0.1, 0.15) is 0 Å². The molecule has 1 aromatic rings. The van der Waals surface area contributed by atoms with Crippen molar-refractivity contribution in [1.29, 1.82) is 0 Å². The van der Waals surface area contributed by atoms with Gasteiger partial charge in [0.25, 0.3) is 0 Å². The summed E-state index contributed by atoms with van der Waals surface area (Å²) in [6.45, 7) is 2.09. The fourth-order valence-corrected chi connectivity index (χ4v) is 2.29. The van der Waals surface area contributed by atoms with Crippen molar-refractivity contribution in [1.82, 2.24) is 20.0 Å². The monoisotopic (exact) mass is 221 g/mol. The Morgan fingerprint density at radius 3 is 3.00 bits per heavy atom. The Kier molecular flexibility index (Phi) is 3.12. The van der Waals surface area contributed by atoms with Crippen molar-refractivity contribution in [2.24, 2.45) is 12.0 Å². The molecule has 1 aliphatic heterocycles. The zero-order valence-electron chi connectivity index (χ0n) is 10.1. The van der Waals surface area contributed by atoms with Crippen molar-refractivity contribution >= 4 is 5.96 Å². The van der Waals surface area contributed by atoms with Crippen molar-refractivity contribution in [2.75, 3.05) is 27.2 Å². The van der Waals surface area contributed by atoms with Gasteiger partial charge in [-0.05, 0) is 12.0 Å². The van der Waals surface area contributed by atoms with Crippen LogP contribution >= 0.6 is 0 Å². The molecule has 5 nitrogen and oxygen atoms in total. The molecule has 1 aromatic heterocycles. The van der Waals surface area contributed by atoms with Gasteiger partial charge in [-0.1, -0.05) is 0 Å². The minimum atomic E-state index is 0.582. The van der Waals surface area contributed by atoms with E-state index < -0.39 is 0 Å². The molecule has 1 unspecified atom stereocenters. The van der Waals surface area contributed by atoms with E-state index in [2.05, 4.69) is 26.5 Å². The molecule has 1 aliphatic rings. The molecule has 88 valence electrons. The number of likely N-dealkylation sites (tertiary alicyclic amines) is 1. The standard InChI is InChI=1S/C11H19N5/c1-12-11(13-2)16-5-4-9(8-16)10-6-14-15(3)7-10/h6-7,9H,4-5,8H2,1-3H3,(H,12,13). The zero-order valence-corrected chi connectivity index (χ0v) is 10.1. The molecule has 5 heteroatoms. The van der Waals surface area contributed by atoms with Gasteiger partial charge in [0, 0.05) is 46.3 Å². The summed E-state index contributed by atoms with van der Waals surface area (Å²) >= 11 is 0. The van der Waals surface area contributed by atoms with E-state index in [0.29, 0.717) is 5.92 Å². The van der Waals surface area contributed by atoms with E-state index in [1.165, 1.54) is 12.0 Å². The summed E-state index contributed by atoms with van der Waals surface area (Å²) in [5.74, 6) is 1.56. The van der Waals surface area contributed by atoms with Crippen molar-refractivity contribution < 1.29 is 0 Å². The highest BCUT2D eigenvalue weighted by atomic mass is 15.3. The quantitative estimate of drug-likeness (QED) is 0.552. The number of rotatable bonds is 1. The molecule has 0 radical (unpaired) electrons. The molecular weight excluding hydrogens is 202 g/mol.